The smallest absolute Gasteiger partial charge is 0.410 e. The summed E-state index contributed by atoms with van der Waals surface area (Å²) < 4.78 is 5.30. The van der Waals surface area contributed by atoms with Crippen molar-refractivity contribution < 1.29 is 14.6 Å². The maximum atomic E-state index is 11.7. The summed E-state index contributed by atoms with van der Waals surface area (Å²) in [7, 11) is 0. The average Bonchev–Trinajstić information content (AvgIpc) is 1.96. The molecular formula is C12H21NO3. The SMILES string of the molecule is CC(C)(C)OC(=O)N1CC2(CC[C@H]2CO)C1. The number of aliphatic hydroxyl groups is 1. The molecule has 4 heteroatoms. The van der Waals surface area contributed by atoms with Crippen LogP contribution in [-0.4, -0.2) is 41.4 Å². The summed E-state index contributed by atoms with van der Waals surface area (Å²) in [5.41, 5.74) is -0.207. The summed E-state index contributed by atoms with van der Waals surface area (Å²) in [5.74, 6) is 0.395. The van der Waals surface area contributed by atoms with Gasteiger partial charge in [-0.1, -0.05) is 0 Å². The molecule has 1 spiro atoms. The van der Waals surface area contributed by atoms with Crippen LogP contribution < -0.4 is 0 Å². The fourth-order valence-electron chi connectivity index (χ4n) is 2.63. The highest BCUT2D eigenvalue weighted by Crippen LogP contribution is 2.52. The van der Waals surface area contributed by atoms with Crippen molar-refractivity contribution in [1.82, 2.24) is 4.90 Å². The van der Waals surface area contributed by atoms with E-state index in [-0.39, 0.29) is 18.1 Å². The lowest BCUT2D eigenvalue weighted by Crippen LogP contribution is -2.66. The third-order valence-corrected chi connectivity index (χ3v) is 3.74. The monoisotopic (exact) mass is 227 g/mol. The highest BCUT2D eigenvalue weighted by Gasteiger charge is 2.56. The molecule has 2 rings (SSSR count). The molecule has 0 radical (unpaired) electrons. The normalized spacial score (nSPS) is 27.2. The molecule has 0 aromatic heterocycles. The van der Waals surface area contributed by atoms with Crippen LogP contribution in [0.25, 0.3) is 0 Å². The van der Waals surface area contributed by atoms with Crippen LogP contribution in [0.15, 0.2) is 0 Å². The van der Waals surface area contributed by atoms with Crippen molar-refractivity contribution in [1.29, 1.82) is 0 Å². The fourth-order valence-corrected chi connectivity index (χ4v) is 2.63. The van der Waals surface area contributed by atoms with Gasteiger partial charge in [-0.15, -0.1) is 0 Å². The molecule has 1 heterocycles. The third kappa shape index (κ3) is 1.90. The molecule has 92 valence electrons. The highest BCUT2D eigenvalue weighted by atomic mass is 16.6. The lowest BCUT2D eigenvalue weighted by molar-refractivity contribution is -0.125. The summed E-state index contributed by atoms with van der Waals surface area (Å²) in [6, 6.07) is 0. The van der Waals surface area contributed by atoms with E-state index in [2.05, 4.69) is 0 Å². The van der Waals surface area contributed by atoms with E-state index in [4.69, 9.17) is 9.84 Å². The molecule has 0 aromatic rings. The second-order valence-electron chi connectivity index (χ2n) is 6.12. The van der Waals surface area contributed by atoms with Crippen molar-refractivity contribution in [3.63, 3.8) is 0 Å². The number of carbonyl (C=O) groups is 1. The molecular weight excluding hydrogens is 206 g/mol. The largest absolute Gasteiger partial charge is 0.444 e. The van der Waals surface area contributed by atoms with Crippen molar-refractivity contribution in [3.05, 3.63) is 0 Å². The molecule has 0 bridgehead atoms. The van der Waals surface area contributed by atoms with Crippen LogP contribution in [0.1, 0.15) is 33.6 Å². The predicted octanol–water partition coefficient (Wildman–Crippen LogP) is 1.63. The Morgan fingerprint density at radius 2 is 2.12 bits per heavy atom. The maximum Gasteiger partial charge on any atom is 0.410 e. The molecule has 1 amide bonds. The van der Waals surface area contributed by atoms with E-state index in [0.29, 0.717) is 5.92 Å². The Morgan fingerprint density at radius 1 is 1.50 bits per heavy atom. The van der Waals surface area contributed by atoms with Crippen molar-refractivity contribution in [3.8, 4) is 0 Å². The second-order valence-corrected chi connectivity index (χ2v) is 6.12. The minimum Gasteiger partial charge on any atom is -0.444 e. The van der Waals surface area contributed by atoms with Gasteiger partial charge in [-0.05, 0) is 39.5 Å². The lowest BCUT2D eigenvalue weighted by atomic mass is 9.56. The zero-order valence-corrected chi connectivity index (χ0v) is 10.3. The predicted molar refractivity (Wildman–Crippen MR) is 60.0 cm³/mol. The number of likely N-dealkylation sites (tertiary alicyclic amines) is 1. The van der Waals surface area contributed by atoms with E-state index < -0.39 is 5.60 Å². The Kier molecular flexibility index (Phi) is 2.65. The average molecular weight is 227 g/mol. The Hall–Kier alpha value is -0.770. The minimum absolute atomic E-state index is 0.214. The molecule has 0 unspecified atom stereocenters. The third-order valence-electron chi connectivity index (χ3n) is 3.74. The summed E-state index contributed by atoms with van der Waals surface area (Å²) >= 11 is 0. The maximum absolute atomic E-state index is 11.7. The number of ether oxygens (including phenoxy) is 1. The van der Waals surface area contributed by atoms with Crippen LogP contribution >= 0.6 is 0 Å². The van der Waals surface area contributed by atoms with Gasteiger partial charge in [-0.2, -0.15) is 0 Å². The first-order valence-electron chi connectivity index (χ1n) is 5.95. The summed E-state index contributed by atoms with van der Waals surface area (Å²) in [6.45, 7) is 7.39. The van der Waals surface area contributed by atoms with E-state index >= 15 is 0 Å². The standard InChI is InChI=1S/C12H21NO3/c1-11(2,3)16-10(15)13-7-12(8-13)5-4-9(12)6-14/h9,14H,4-8H2,1-3H3/t9-/m0/s1. The molecule has 1 saturated heterocycles. The van der Waals surface area contributed by atoms with E-state index in [1.54, 1.807) is 4.90 Å². The van der Waals surface area contributed by atoms with Crippen LogP contribution in [0.5, 0.6) is 0 Å². The van der Waals surface area contributed by atoms with Crippen LogP contribution in [0.4, 0.5) is 4.79 Å². The summed E-state index contributed by atoms with van der Waals surface area (Å²) in [5, 5.41) is 9.16. The number of hydrogen-bond donors (Lipinski definition) is 1. The van der Waals surface area contributed by atoms with Crippen molar-refractivity contribution in [2.75, 3.05) is 19.7 Å². The molecule has 16 heavy (non-hydrogen) atoms. The number of amides is 1. The number of hydrogen-bond acceptors (Lipinski definition) is 3. The summed E-state index contributed by atoms with van der Waals surface area (Å²) in [6.07, 6.45) is 2.01. The van der Waals surface area contributed by atoms with Crippen molar-refractivity contribution >= 4 is 6.09 Å². The number of nitrogens with zero attached hydrogens (tertiary/aromatic N) is 1. The molecule has 1 saturated carbocycles. The highest BCUT2D eigenvalue weighted by molar-refractivity contribution is 5.69. The van der Waals surface area contributed by atoms with Gasteiger partial charge in [0, 0.05) is 25.1 Å². The molecule has 1 aliphatic carbocycles. The van der Waals surface area contributed by atoms with Gasteiger partial charge >= 0.3 is 6.09 Å². The first kappa shape index (κ1) is 11.7. The minimum atomic E-state index is -0.421. The number of rotatable bonds is 1. The van der Waals surface area contributed by atoms with Crippen LogP contribution in [0.2, 0.25) is 0 Å². The van der Waals surface area contributed by atoms with Gasteiger partial charge in [-0.25, -0.2) is 4.79 Å². The Labute approximate surface area is 96.6 Å². The molecule has 2 fully saturated rings. The van der Waals surface area contributed by atoms with Crippen LogP contribution in [0.3, 0.4) is 0 Å². The van der Waals surface area contributed by atoms with Gasteiger partial charge in [0.15, 0.2) is 0 Å². The van der Waals surface area contributed by atoms with Gasteiger partial charge in [0.05, 0.1) is 0 Å². The Balaban J connectivity index is 1.82. The fraction of sp³-hybridized carbons (Fsp3) is 0.917. The zero-order valence-electron chi connectivity index (χ0n) is 10.3. The molecule has 1 N–H and O–H groups in total. The van der Waals surface area contributed by atoms with Gasteiger partial charge in [0.25, 0.3) is 0 Å². The molecule has 0 aromatic carbocycles. The first-order chi connectivity index (χ1) is 7.36. The van der Waals surface area contributed by atoms with E-state index in [1.807, 2.05) is 20.8 Å². The molecule has 1 aliphatic heterocycles. The molecule has 4 nitrogen and oxygen atoms in total. The van der Waals surface area contributed by atoms with E-state index in [1.165, 1.54) is 0 Å². The van der Waals surface area contributed by atoms with Crippen molar-refractivity contribution in [2.24, 2.45) is 11.3 Å². The Bertz CT molecular complexity index is 287. The summed E-state index contributed by atoms with van der Waals surface area (Å²) in [4.78, 5) is 13.4. The second kappa shape index (κ2) is 3.62. The Morgan fingerprint density at radius 3 is 2.50 bits per heavy atom. The lowest BCUT2D eigenvalue weighted by Gasteiger charge is -2.60. The number of carbonyl (C=O) groups excluding carboxylic acids is 1. The number of aliphatic hydroxyl groups excluding tert-OH is 1. The van der Waals surface area contributed by atoms with Crippen LogP contribution in [0, 0.1) is 11.3 Å². The van der Waals surface area contributed by atoms with E-state index in [0.717, 1.165) is 25.9 Å². The first-order valence-corrected chi connectivity index (χ1v) is 5.95. The van der Waals surface area contributed by atoms with Gasteiger partial charge in [0.2, 0.25) is 0 Å². The topological polar surface area (TPSA) is 49.8 Å². The quantitative estimate of drug-likeness (QED) is 0.740. The zero-order chi connectivity index (χ0) is 12.0. The molecule has 2 aliphatic rings. The van der Waals surface area contributed by atoms with E-state index in [9.17, 15) is 4.79 Å². The molecule has 1 atom stereocenters. The van der Waals surface area contributed by atoms with Gasteiger partial charge < -0.3 is 14.7 Å². The van der Waals surface area contributed by atoms with Crippen molar-refractivity contribution in [2.45, 2.75) is 39.2 Å². The van der Waals surface area contributed by atoms with Gasteiger partial charge in [-0.3, -0.25) is 0 Å². The van der Waals surface area contributed by atoms with Gasteiger partial charge in [0.1, 0.15) is 5.60 Å². The van der Waals surface area contributed by atoms with Crippen LogP contribution in [-0.2, 0) is 4.74 Å².